The van der Waals surface area contributed by atoms with Gasteiger partial charge in [0, 0.05) is 41.9 Å². The molecule has 1 unspecified atom stereocenters. The normalized spacial score (nSPS) is 17.3. The lowest BCUT2D eigenvalue weighted by molar-refractivity contribution is 0.0858. The minimum atomic E-state index is -0.509. The van der Waals surface area contributed by atoms with E-state index in [0.717, 1.165) is 24.3 Å². The van der Waals surface area contributed by atoms with Gasteiger partial charge in [-0.3, -0.25) is 9.59 Å². The van der Waals surface area contributed by atoms with Gasteiger partial charge in [0.05, 0.1) is 22.4 Å². The van der Waals surface area contributed by atoms with E-state index in [1.807, 2.05) is 0 Å². The van der Waals surface area contributed by atoms with Gasteiger partial charge in [-0.25, -0.2) is 9.67 Å². The first-order valence-electron chi connectivity index (χ1n) is 11.9. The fourth-order valence-corrected chi connectivity index (χ4v) is 5.14. The smallest absolute Gasteiger partial charge is 0.274 e. The van der Waals surface area contributed by atoms with Gasteiger partial charge in [0.25, 0.3) is 11.8 Å². The highest BCUT2D eigenvalue weighted by Gasteiger charge is 2.26. The van der Waals surface area contributed by atoms with E-state index in [4.69, 9.17) is 32.7 Å². The minimum absolute atomic E-state index is 0.0211. The summed E-state index contributed by atoms with van der Waals surface area (Å²) < 4.78 is 12.9. The monoisotopic (exact) mass is 561 g/mol. The molecule has 2 aromatic heterocycles. The molecule has 0 saturated carbocycles. The molecule has 1 aromatic carbocycles. The number of nitrogens with zero attached hydrogens (tertiary/aromatic N) is 3. The third kappa shape index (κ3) is 5.87. The number of nitrogens with one attached hydrogen (secondary N) is 2. The highest BCUT2D eigenvalue weighted by atomic mass is 35.5. The van der Waals surface area contributed by atoms with Gasteiger partial charge in [-0.15, -0.1) is 5.10 Å². The summed E-state index contributed by atoms with van der Waals surface area (Å²) in [6.45, 7) is 2.84. The molecule has 2 fully saturated rings. The summed E-state index contributed by atoms with van der Waals surface area (Å²) in [4.78, 5) is 31.0. The molecule has 2 aliphatic heterocycles. The second kappa shape index (κ2) is 11.3. The second-order valence-corrected chi connectivity index (χ2v) is 10.7. The minimum Gasteiger partial charge on any atom is -0.472 e. The predicted molar refractivity (Wildman–Crippen MR) is 144 cm³/mol. The third-order valence-electron chi connectivity index (χ3n) is 6.05. The van der Waals surface area contributed by atoms with Crippen LogP contribution in [-0.4, -0.2) is 63.4 Å². The van der Waals surface area contributed by atoms with Gasteiger partial charge in [0.2, 0.25) is 5.88 Å². The fraction of sp³-hybridized carbons (Fsp3) is 0.360. The van der Waals surface area contributed by atoms with Gasteiger partial charge >= 0.3 is 0 Å². The van der Waals surface area contributed by atoms with Gasteiger partial charge in [0.15, 0.2) is 5.82 Å². The molecular formula is C25H25Cl2N5O4S. The van der Waals surface area contributed by atoms with Crippen molar-refractivity contribution in [1.82, 2.24) is 20.1 Å². The van der Waals surface area contributed by atoms with E-state index in [1.54, 1.807) is 49.1 Å². The summed E-state index contributed by atoms with van der Waals surface area (Å²) in [5, 5.41) is 10.9. The molecule has 3 aromatic rings. The number of thioether (sulfide) groups is 1. The van der Waals surface area contributed by atoms with Gasteiger partial charge in [0.1, 0.15) is 11.8 Å². The predicted octanol–water partition coefficient (Wildman–Crippen LogP) is 4.54. The summed E-state index contributed by atoms with van der Waals surface area (Å²) in [6, 6.07) is 8.12. The average Bonchev–Trinajstić information content (AvgIpc) is 3.52. The van der Waals surface area contributed by atoms with Crippen LogP contribution in [0.25, 0.3) is 5.82 Å². The number of hydrogen-bond acceptors (Lipinski definition) is 7. The Balaban J connectivity index is 1.44. The Morgan fingerprint density at radius 2 is 2.08 bits per heavy atom. The van der Waals surface area contributed by atoms with Crippen LogP contribution in [0.15, 0.2) is 36.5 Å². The lowest BCUT2D eigenvalue weighted by atomic mass is 10.1. The molecule has 4 heterocycles. The van der Waals surface area contributed by atoms with Crippen molar-refractivity contribution in [3.05, 3.63) is 63.4 Å². The van der Waals surface area contributed by atoms with Gasteiger partial charge in [-0.05, 0) is 49.6 Å². The van der Waals surface area contributed by atoms with E-state index in [1.165, 1.54) is 10.7 Å². The first-order valence-corrected chi connectivity index (χ1v) is 13.8. The van der Waals surface area contributed by atoms with Crippen LogP contribution in [0.4, 0.5) is 5.69 Å². The molecule has 2 aliphatic rings. The molecule has 1 atom stereocenters. The van der Waals surface area contributed by atoms with Crippen molar-refractivity contribution in [2.75, 3.05) is 30.0 Å². The van der Waals surface area contributed by atoms with Gasteiger partial charge < -0.3 is 20.1 Å². The van der Waals surface area contributed by atoms with Gasteiger partial charge in [-0.1, -0.05) is 23.2 Å². The quantitative estimate of drug-likeness (QED) is 0.415. The Morgan fingerprint density at radius 3 is 2.78 bits per heavy atom. The molecular weight excluding hydrogens is 537 g/mol. The van der Waals surface area contributed by atoms with Crippen molar-refractivity contribution < 1.29 is 19.1 Å². The number of hydrogen-bond donors (Lipinski definition) is 2. The number of aryl methyl sites for hydroxylation is 1. The fourth-order valence-electron chi connectivity index (χ4n) is 4.10. The molecule has 0 radical (unpaired) electrons. The van der Waals surface area contributed by atoms with Crippen LogP contribution in [0.5, 0.6) is 5.88 Å². The highest BCUT2D eigenvalue weighted by molar-refractivity contribution is 8.00. The molecule has 194 valence electrons. The maximum absolute atomic E-state index is 13.6. The number of halogens is 2. The lowest BCUT2D eigenvalue weighted by Crippen LogP contribution is -2.32. The van der Waals surface area contributed by atoms with Crippen LogP contribution in [0.1, 0.15) is 39.3 Å². The summed E-state index contributed by atoms with van der Waals surface area (Å²) in [5.74, 6) is 1.42. The Hall–Kier alpha value is -2.79. The summed E-state index contributed by atoms with van der Waals surface area (Å²) in [5.41, 5.74) is 1.38. The van der Waals surface area contributed by atoms with Crippen LogP contribution in [0.2, 0.25) is 10.0 Å². The number of carbonyl (C=O) groups excluding carboxylic acids is 2. The number of ether oxygens (including phenoxy) is 2. The molecule has 0 spiro atoms. The Bertz CT molecular complexity index is 1320. The van der Waals surface area contributed by atoms with Crippen LogP contribution < -0.4 is 15.4 Å². The zero-order valence-electron chi connectivity index (χ0n) is 20.0. The maximum Gasteiger partial charge on any atom is 0.274 e. The molecule has 2 N–H and O–H groups in total. The first kappa shape index (κ1) is 25.8. The van der Waals surface area contributed by atoms with Crippen molar-refractivity contribution in [3.8, 4) is 11.7 Å². The number of rotatable bonds is 8. The molecule has 37 heavy (non-hydrogen) atoms. The average molecular weight is 562 g/mol. The Morgan fingerprint density at radius 1 is 1.24 bits per heavy atom. The largest absolute Gasteiger partial charge is 0.472 e. The first-order chi connectivity index (χ1) is 17.9. The van der Waals surface area contributed by atoms with E-state index in [9.17, 15) is 9.59 Å². The van der Waals surface area contributed by atoms with Crippen molar-refractivity contribution in [2.24, 2.45) is 0 Å². The Kier molecular flexibility index (Phi) is 7.89. The van der Waals surface area contributed by atoms with Crippen molar-refractivity contribution in [2.45, 2.75) is 32.0 Å². The molecule has 9 nitrogen and oxygen atoms in total. The van der Waals surface area contributed by atoms with Gasteiger partial charge in [-0.2, -0.15) is 11.8 Å². The van der Waals surface area contributed by atoms with Crippen LogP contribution in [0.3, 0.4) is 0 Å². The molecule has 2 amide bonds. The lowest BCUT2D eigenvalue weighted by Gasteiger charge is -2.24. The van der Waals surface area contributed by atoms with Crippen LogP contribution in [-0.2, 0) is 4.74 Å². The third-order valence-corrected chi connectivity index (χ3v) is 7.78. The number of anilines is 1. The number of aromatic nitrogens is 3. The van der Waals surface area contributed by atoms with E-state index in [0.29, 0.717) is 40.3 Å². The summed E-state index contributed by atoms with van der Waals surface area (Å²) in [7, 11) is 0. The standard InChI is InChI=1S/C25H25Cl2N5O4S/c1-14-8-15(26)9-18(24(33)29-11-16-4-3-7-35-16)22(14)30-25(34)20-10-21(36-17-12-37-13-17)31-32(20)23-19(27)5-2-6-28-23/h2,5-6,8-10,16-17H,3-4,7,11-13H2,1H3,(H,29,33)(H,30,34). The number of pyridine rings is 1. The topological polar surface area (TPSA) is 107 Å². The van der Waals surface area contributed by atoms with Crippen LogP contribution >= 0.6 is 35.0 Å². The van der Waals surface area contributed by atoms with Crippen molar-refractivity contribution in [1.29, 1.82) is 0 Å². The molecule has 12 heteroatoms. The zero-order chi connectivity index (χ0) is 25.9. The summed E-state index contributed by atoms with van der Waals surface area (Å²) in [6.07, 6.45) is 3.43. The van der Waals surface area contributed by atoms with Crippen molar-refractivity contribution >= 4 is 52.5 Å². The number of carbonyl (C=O) groups is 2. The van der Waals surface area contributed by atoms with E-state index in [-0.39, 0.29) is 35.2 Å². The molecule has 5 rings (SSSR count). The number of amides is 2. The second-order valence-electron chi connectivity index (χ2n) is 8.81. The van der Waals surface area contributed by atoms with E-state index in [2.05, 4.69) is 20.7 Å². The van der Waals surface area contributed by atoms with Crippen LogP contribution in [0, 0.1) is 6.92 Å². The Labute approximate surface area is 228 Å². The molecule has 2 saturated heterocycles. The SMILES string of the molecule is Cc1cc(Cl)cc(C(=O)NCC2CCCO2)c1NC(=O)c1cc(OC2CSC2)nn1-c1ncccc1Cl. The van der Waals surface area contributed by atoms with E-state index >= 15 is 0 Å². The molecule has 0 aliphatic carbocycles. The number of benzene rings is 1. The summed E-state index contributed by atoms with van der Waals surface area (Å²) >= 11 is 14.4. The van der Waals surface area contributed by atoms with E-state index < -0.39 is 5.91 Å². The molecule has 0 bridgehead atoms. The zero-order valence-corrected chi connectivity index (χ0v) is 22.3. The maximum atomic E-state index is 13.6. The van der Waals surface area contributed by atoms with Crippen molar-refractivity contribution in [3.63, 3.8) is 0 Å². The highest BCUT2D eigenvalue weighted by Crippen LogP contribution is 2.29.